The fourth-order valence-electron chi connectivity index (χ4n) is 3.97. The maximum absolute atomic E-state index is 13.0. The number of nitrogens with zero attached hydrogens (tertiary/aromatic N) is 1. The lowest BCUT2D eigenvalue weighted by Gasteiger charge is -2.45. The minimum Gasteiger partial charge on any atom is -0.388 e. The fourth-order valence-corrected chi connectivity index (χ4v) is 5.53. The van der Waals surface area contributed by atoms with Crippen molar-refractivity contribution < 1.29 is 38.6 Å². The van der Waals surface area contributed by atoms with Crippen LogP contribution in [0, 0.1) is 0 Å². The Balaban J connectivity index is 0.00000512. The predicted molar refractivity (Wildman–Crippen MR) is 123 cm³/mol. The van der Waals surface area contributed by atoms with Gasteiger partial charge in [0.2, 0.25) is 5.91 Å². The number of phosphoric acid groups is 1. The molecule has 0 bridgehead atoms. The number of amides is 1. The van der Waals surface area contributed by atoms with Crippen molar-refractivity contribution in [2.24, 2.45) is 0 Å². The van der Waals surface area contributed by atoms with E-state index in [2.05, 4.69) is 15.9 Å². The lowest BCUT2D eigenvalue weighted by molar-refractivity contribution is -0.201. The number of aliphatic hydroxyl groups is 2. The zero-order chi connectivity index (χ0) is 23.5. The third-order valence-electron chi connectivity index (χ3n) is 5.47. The Morgan fingerprint density at radius 1 is 1.44 bits per heavy atom. The molecular formula is C18H35ClN3O8PS. The van der Waals surface area contributed by atoms with E-state index in [0.717, 1.165) is 18.2 Å². The number of hydrogen-bond acceptors (Lipinski definition) is 9. The van der Waals surface area contributed by atoms with Crippen molar-refractivity contribution in [2.75, 3.05) is 19.8 Å². The topological polar surface area (TPSA) is 184 Å². The van der Waals surface area contributed by atoms with Gasteiger partial charge in [-0.1, -0.05) is 18.6 Å². The van der Waals surface area contributed by atoms with E-state index in [-0.39, 0.29) is 12.1 Å². The minimum atomic E-state index is -4.94. The Morgan fingerprint density at radius 3 is 2.56 bits per heavy atom. The molecule has 8 atom stereocenters. The molecule has 1 amide bonds. The van der Waals surface area contributed by atoms with E-state index in [4.69, 9.17) is 26.1 Å². The molecule has 2 saturated heterocycles. The van der Waals surface area contributed by atoms with Crippen LogP contribution in [0.25, 0.3) is 0 Å². The predicted octanol–water partition coefficient (Wildman–Crippen LogP) is 0.589. The monoisotopic (exact) mass is 519 g/mol. The smallest absolute Gasteiger partial charge is 0.388 e. The van der Waals surface area contributed by atoms with Crippen LogP contribution >= 0.6 is 31.2 Å². The normalized spacial score (nSPS) is 34.7. The molecular weight excluding hydrogens is 485 g/mol. The van der Waals surface area contributed by atoms with Crippen molar-refractivity contribution in [1.29, 1.82) is 0 Å². The molecule has 0 unspecified atom stereocenters. The molecule has 2 fully saturated rings. The van der Waals surface area contributed by atoms with Gasteiger partial charge in [-0.15, -0.1) is 23.4 Å². The SMILES string of the molecule is CC/C=C1/C[C@@H](C(=O)N[C@@H]([C@H]2O[C@H](SC)[C@H](OP(=O)(O)O)[C@@H](O)[C@H]2O)[C@H](C)Cl)N(C)C1.N. The van der Waals surface area contributed by atoms with Crippen LogP contribution in [0.3, 0.4) is 0 Å². The molecule has 2 heterocycles. The number of carbonyl (C=O) groups excluding carboxylic acids is 1. The largest absolute Gasteiger partial charge is 0.470 e. The number of alkyl halides is 1. The zero-order valence-electron chi connectivity index (χ0n) is 18.6. The summed E-state index contributed by atoms with van der Waals surface area (Å²) in [5.41, 5.74) is 0.170. The number of rotatable bonds is 8. The van der Waals surface area contributed by atoms with Crippen LogP contribution < -0.4 is 11.5 Å². The van der Waals surface area contributed by atoms with Gasteiger partial charge in [0.15, 0.2) is 0 Å². The molecule has 32 heavy (non-hydrogen) atoms. The van der Waals surface area contributed by atoms with Crippen molar-refractivity contribution in [3.63, 3.8) is 0 Å². The summed E-state index contributed by atoms with van der Waals surface area (Å²) in [6.45, 7) is 4.34. The van der Waals surface area contributed by atoms with Crippen LogP contribution in [0.15, 0.2) is 11.6 Å². The highest BCUT2D eigenvalue weighted by molar-refractivity contribution is 7.99. The summed E-state index contributed by atoms with van der Waals surface area (Å²) >= 11 is 7.36. The summed E-state index contributed by atoms with van der Waals surface area (Å²) < 4.78 is 21.7. The van der Waals surface area contributed by atoms with E-state index < -0.39 is 55.1 Å². The van der Waals surface area contributed by atoms with E-state index in [1.54, 1.807) is 13.2 Å². The Bertz CT molecular complexity index is 710. The molecule has 0 aromatic carbocycles. The molecule has 0 aromatic heterocycles. The van der Waals surface area contributed by atoms with Crippen LogP contribution in [0.4, 0.5) is 0 Å². The lowest BCUT2D eigenvalue weighted by Crippen LogP contribution is -2.65. The van der Waals surface area contributed by atoms with Crippen molar-refractivity contribution >= 4 is 37.1 Å². The lowest BCUT2D eigenvalue weighted by atomic mass is 9.93. The maximum atomic E-state index is 13.0. The number of hydrogen-bond donors (Lipinski definition) is 6. The summed E-state index contributed by atoms with van der Waals surface area (Å²) in [6.07, 6.45) is -0.663. The average molecular weight is 520 g/mol. The van der Waals surface area contributed by atoms with Gasteiger partial charge in [0.1, 0.15) is 29.9 Å². The van der Waals surface area contributed by atoms with Gasteiger partial charge in [-0.3, -0.25) is 14.2 Å². The van der Waals surface area contributed by atoms with E-state index in [9.17, 15) is 19.6 Å². The first-order chi connectivity index (χ1) is 14.4. The summed E-state index contributed by atoms with van der Waals surface area (Å²) in [4.78, 5) is 33.1. The van der Waals surface area contributed by atoms with Crippen LogP contribution in [0.2, 0.25) is 0 Å². The summed E-state index contributed by atoms with van der Waals surface area (Å²) in [7, 11) is -3.09. The quantitative estimate of drug-likeness (QED) is 0.150. The van der Waals surface area contributed by atoms with Crippen molar-refractivity contribution in [3.05, 3.63) is 11.6 Å². The molecule has 0 aliphatic carbocycles. The molecule has 188 valence electrons. The second-order valence-corrected chi connectivity index (χ2v) is 10.7. The van der Waals surface area contributed by atoms with Crippen molar-refractivity contribution in [3.8, 4) is 0 Å². The van der Waals surface area contributed by atoms with Crippen LogP contribution in [-0.4, -0.2) is 98.0 Å². The van der Waals surface area contributed by atoms with Gasteiger partial charge >= 0.3 is 7.82 Å². The van der Waals surface area contributed by atoms with E-state index >= 15 is 0 Å². The van der Waals surface area contributed by atoms with Crippen molar-refractivity contribution in [2.45, 2.75) is 74.0 Å². The van der Waals surface area contributed by atoms with E-state index in [1.165, 1.54) is 5.57 Å². The third-order valence-corrected chi connectivity index (χ3v) is 7.10. The second-order valence-electron chi connectivity index (χ2n) is 7.86. The first-order valence-electron chi connectivity index (χ1n) is 10.0. The maximum Gasteiger partial charge on any atom is 0.470 e. The molecule has 0 spiro atoms. The molecule has 8 N–H and O–H groups in total. The number of nitrogens with one attached hydrogen (secondary N) is 1. The average Bonchev–Trinajstić information content (AvgIpc) is 3.03. The molecule has 2 aliphatic heterocycles. The van der Waals surface area contributed by atoms with E-state index in [0.29, 0.717) is 13.0 Å². The molecule has 0 saturated carbocycles. The number of likely N-dealkylation sites (N-methyl/N-ethyl adjacent to an activating group) is 1. The molecule has 0 radical (unpaired) electrons. The molecule has 2 aliphatic rings. The Labute approximate surface area is 197 Å². The zero-order valence-corrected chi connectivity index (χ0v) is 21.1. The number of ether oxygens (including phenoxy) is 1. The number of aliphatic hydroxyl groups excluding tert-OH is 2. The van der Waals surface area contributed by atoms with Crippen LogP contribution in [0.1, 0.15) is 26.7 Å². The second kappa shape index (κ2) is 12.5. The van der Waals surface area contributed by atoms with Gasteiger partial charge in [-0.05, 0) is 33.1 Å². The number of allylic oxidation sites excluding steroid dienone is 1. The highest BCUT2D eigenvalue weighted by Crippen LogP contribution is 2.43. The summed E-state index contributed by atoms with van der Waals surface area (Å²) in [5, 5.41) is 23.3. The number of likely N-dealkylation sites (tertiary alicyclic amines) is 1. The van der Waals surface area contributed by atoms with Gasteiger partial charge in [-0.2, -0.15) is 0 Å². The highest BCUT2D eigenvalue weighted by Gasteiger charge is 2.51. The number of halogens is 1. The van der Waals surface area contributed by atoms with Gasteiger partial charge in [0, 0.05) is 6.54 Å². The number of thioether (sulfide) groups is 1. The Kier molecular flexibility index (Phi) is 11.6. The van der Waals surface area contributed by atoms with Crippen molar-refractivity contribution in [1.82, 2.24) is 16.4 Å². The van der Waals surface area contributed by atoms with Crippen LogP contribution in [0.5, 0.6) is 0 Å². The molecule has 0 aromatic rings. The first kappa shape index (κ1) is 29.8. The molecule has 11 nitrogen and oxygen atoms in total. The van der Waals surface area contributed by atoms with Gasteiger partial charge in [-0.25, -0.2) is 4.57 Å². The third kappa shape index (κ3) is 7.38. The molecule has 2 rings (SSSR count). The van der Waals surface area contributed by atoms with Crippen LogP contribution in [-0.2, 0) is 18.6 Å². The van der Waals surface area contributed by atoms with Gasteiger partial charge < -0.3 is 36.2 Å². The summed E-state index contributed by atoms with van der Waals surface area (Å²) in [6, 6.07) is -1.26. The van der Waals surface area contributed by atoms with Gasteiger partial charge in [0.25, 0.3) is 0 Å². The highest BCUT2D eigenvalue weighted by atomic mass is 35.5. The minimum absolute atomic E-state index is 0. The first-order valence-corrected chi connectivity index (χ1v) is 13.3. The number of carbonyl (C=O) groups is 1. The Morgan fingerprint density at radius 2 is 2.06 bits per heavy atom. The van der Waals surface area contributed by atoms with Gasteiger partial charge in [0.05, 0.1) is 17.5 Å². The number of phosphoric ester groups is 1. The standard InChI is InChI=1S/C18H32ClN2O8PS.H3N/c1-5-6-10-7-11(21(3)8-10)17(24)20-12(9(2)19)15-13(22)14(23)16(18(28-15)31-4)29-30(25,26)27;/h6,9,11-16,18,22-23H,5,7-8H2,1-4H3,(H,20,24)(H2,25,26,27);1H3/b10-6-;/t9-,11-,12+,13+,14-,15+,16+,18+;/m0./s1. The fraction of sp³-hybridized carbons (Fsp3) is 0.833. The molecule has 14 heteroatoms. The van der Waals surface area contributed by atoms with E-state index in [1.807, 2.05) is 18.9 Å². The Hall–Kier alpha value is -0.240. The summed E-state index contributed by atoms with van der Waals surface area (Å²) in [5.74, 6) is -0.279.